The van der Waals surface area contributed by atoms with Crippen LogP contribution in [0.25, 0.3) is 0 Å². The highest BCUT2D eigenvalue weighted by Gasteiger charge is 2.19. The number of nitrogens with zero attached hydrogens (tertiary/aromatic N) is 1. The minimum Gasteiger partial charge on any atom is -0.340 e. The van der Waals surface area contributed by atoms with E-state index in [1.54, 1.807) is 4.90 Å². The first-order chi connectivity index (χ1) is 6.79. The molecule has 1 amide bonds. The Kier molecular flexibility index (Phi) is 3.84. The Labute approximate surface area is 101 Å². The Hall–Kier alpha value is -0.480. The van der Waals surface area contributed by atoms with E-state index >= 15 is 0 Å². The van der Waals surface area contributed by atoms with Crippen molar-refractivity contribution in [1.29, 1.82) is 0 Å². The van der Waals surface area contributed by atoms with Crippen LogP contribution in [0.1, 0.15) is 30.4 Å². The van der Waals surface area contributed by atoms with Gasteiger partial charge in [0.15, 0.2) is 0 Å². The van der Waals surface area contributed by atoms with Gasteiger partial charge in [-0.2, -0.15) is 0 Å². The highest BCUT2D eigenvalue weighted by molar-refractivity contribution is 7.80. The topological polar surface area (TPSA) is 20.3 Å². The van der Waals surface area contributed by atoms with Crippen LogP contribution in [0.3, 0.4) is 0 Å². The number of carbonyl (C=O) groups excluding carboxylic acids is 1. The maximum absolute atomic E-state index is 11.9. The first-order valence-electron chi connectivity index (χ1n) is 4.82. The number of thiophene rings is 1. The van der Waals surface area contributed by atoms with E-state index in [4.69, 9.17) is 0 Å². The van der Waals surface area contributed by atoms with Gasteiger partial charge in [0.25, 0.3) is 5.91 Å². The average Bonchev–Trinajstić information content (AvgIpc) is 2.47. The predicted molar refractivity (Wildman–Crippen MR) is 68.0 cm³/mol. The largest absolute Gasteiger partial charge is 0.340 e. The van der Waals surface area contributed by atoms with Gasteiger partial charge in [0.05, 0.1) is 4.88 Å². The SMILES string of the molecule is CN(CC(C)(C)C)C(=O)c1cc(S)cs1. The van der Waals surface area contributed by atoms with E-state index in [9.17, 15) is 4.79 Å². The normalized spacial score (nSPS) is 11.5. The summed E-state index contributed by atoms with van der Waals surface area (Å²) in [7, 11) is 1.84. The molecule has 84 valence electrons. The molecule has 0 unspecified atom stereocenters. The molecule has 1 rings (SSSR count). The summed E-state index contributed by atoms with van der Waals surface area (Å²) in [4.78, 5) is 15.3. The summed E-state index contributed by atoms with van der Waals surface area (Å²) in [6.45, 7) is 7.12. The van der Waals surface area contributed by atoms with E-state index < -0.39 is 0 Å². The number of hydrogen-bond acceptors (Lipinski definition) is 3. The molecule has 0 saturated carbocycles. The summed E-state index contributed by atoms with van der Waals surface area (Å²) in [5.74, 6) is 0.0789. The molecule has 0 atom stereocenters. The fourth-order valence-corrected chi connectivity index (χ4v) is 2.55. The molecular weight excluding hydrogens is 226 g/mol. The van der Waals surface area contributed by atoms with Crippen molar-refractivity contribution in [2.24, 2.45) is 5.41 Å². The number of thiol groups is 1. The molecule has 1 aromatic heterocycles. The maximum Gasteiger partial charge on any atom is 0.263 e. The Morgan fingerprint density at radius 3 is 2.53 bits per heavy atom. The van der Waals surface area contributed by atoms with Crippen LogP contribution in [0.4, 0.5) is 0 Å². The number of hydrogen-bond donors (Lipinski definition) is 1. The molecule has 1 aromatic rings. The van der Waals surface area contributed by atoms with Crippen LogP contribution in [0, 0.1) is 5.41 Å². The van der Waals surface area contributed by atoms with E-state index in [1.165, 1.54) is 11.3 Å². The third-order valence-electron chi connectivity index (χ3n) is 1.85. The lowest BCUT2D eigenvalue weighted by molar-refractivity contribution is 0.0750. The molecule has 0 radical (unpaired) electrons. The lowest BCUT2D eigenvalue weighted by Gasteiger charge is -2.26. The Balaban J connectivity index is 2.69. The molecule has 0 aliphatic heterocycles. The average molecular weight is 243 g/mol. The van der Waals surface area contributed by atoms with Crippen LogP contribution in [-0.2, 0) is 0 Å². The minimum atomic E-state index is 0.0789. The third-order valence-corrected chi connectivity index (χ3v) is 3.21. The smallest absolute Gasteiger partial charge is 0.263 e. The van der Waals surface area contributed by atoms with E-state index in [-0.39, 0.29) is 11.3 Å². The van der Waals surface area contributed by atoms with Crippen molar-refractivity contribution in [3.8, 4) is 0 Å². The van der Waals surface area contributed by atoms with Gasteiger partial charge >= 0.3 is 0 Å². The van der Waals surface area contributed by atoms with Gasteiger partial charge in [-0.15, -0.1) is 24.0 Å². The molecular formula is C11H17NOS2. The lowest BCUT2D eigenvalue weighted by atomic mass is 9.96. The van der Waals surface area contributed by atoms with Crippen LogP contribution in [-0.4, -0.2) is 24.4 Å². The summed E-state index contributed by atoms with van der Waals surface area (Å²) in [6.07, 6.45) is 0. The van der Waals surface area contributed by atoms with Crippen LogP contribution < -0.4 is 0 Å². The van der Waals surface area contributed by atoms with Gasteiger partial charge in [-0.05, 0) is 11.5 Å². The van der Waals surface area contributed by atoms with E-state index in [0.717, 1.165) is 16.3 Å². The van der Waals surface area contributed by atoms with E-state index in [1.807, 2.05) is 18.5 Å². The fourth-order valence-electron chi connectivity index (χ4n) is 1.41. The second-order valence-electron chi connectivity index (χ2n) is 4.89. The molecule has 0 saturated heterocycles. The third kappa shape index (κ3) is 3.87. The lowest BCUT2D eigenvalue weighted by Crippen LogP contribution is -2.34. The zero-order chi connectivity index (χ0) is 11.6. The molecule has 0 spiro atoms. The van der Waals surface area contributed by atoms with E-state index in [2.05, 4.69) is 33.4 Å². The Morgan fingerprint density at radius 2 is 2.13 bits per heavy atom. The summed E-state index contributed by atoms with van der Waals surface area (Å²) in [6, 6.07) is 1.81. The molecule has 0 aromatic carbocycles. The molecule has 4 heteroatoms. The highest BCUT2D eigenvalue weighted by Crippen LogP contribution is 2.21. The van der Waals surface area contributed by atoms with Crippen molar-refractivity contribution >= 4 is 29.9 Å². The number of amides is 1. The zero-order valence-electron chi connectivity index (χ0n) is 9.57. The highest BCUT2D eigenvalue weighted by atomic mass is 32.1. The minimum absolute atomic E-state index is 0.0789. The Morgan fingerprint density at radius 1 is 1.53 bits per heavy atom. The zero-order valence-corrected chi connectivity index (χ0v) is 11.3. The summed E-state index contributed by atoms with van der Waals surface area (Å²) in [5.41, 5.74) is 0.130. The van der Waals surface area contributed by atoms with Crippen molar-refractivity contribution in [3.63, 3.8) is 0 Å². The van der Waals surface area contributed by atoms with Crippen molar-refractivity contribution in [2.75, 3.05) is 13.6 Å². The first kappa shape index (κ1) is 12.6. The second-order valence-corrected chi connectivity index (χ2v) is 6.32. The maximum atomic E-state index is 11.9. The van der Waals surface area contributed by atoms with Crippen molar-refractivity contribution < 1.29 is 4.79 Å². The van der Waals surface area contributed by atoms with Crippen LogP contribution >= 0.6 is 24.0 Å². The van der Waals surface area contributed by atoms with Crippen LogP contribution in [0.15, 0.2) is 16.3 Å². The molecule has 0 aliphatic rings. The van der Waals surface area contributed by atoms with Crippen LogP contribution in [0.2, 0.25) is 0 Å². The van der Waals surface area contributed by atoms with Gasteiger partial charge in [0.1, 0.15) is 0 Å². The molecule has 15 heavy (non-hydrogen) atoms. The van der Waals surface area contributed by atoms with Crippen molar-refractivity contribution in [2.45, 2.75) is 25.7 Å². The summed E-state index contributed by atoms with van der Waals surface area (Å²) >= 11 is 5.64. The Bertz CT molecular complexity index is 352. The second kappa shape index (κ2) is 4.58. The summed E-state index contributed by atoms with van der Waals surface area (Å²) < 4.78 is 0. The molecule has 0 aliphatic carbocycles. The van der Waals surface area contributed by atoms with Gasteiger partial charge in [0, 0.05) is 23.9 Å². The summed E-state index contributed by atoms with van der Waals surface area (Å²) in [5, 5.41) is 1.88. The predicted octanol–water partition coefficient (Wildman–Crippen LogP) is 3.15. The quantitative estimate of drug-likeness (QED) is 0.791. The fraction of sp³-hybridized carbons (Fsp3) is 0.545. The van der Waals surface area contributed by atoms with Gasteiger partial charge in [0.2, 0.25) is 0 Å². The van der Waals surface area contributed by atoms with Crippen molar-refractivity contribution in [3.05, 3.63) is 16.3 Å². The van der Waals surface area contributed by atoms with Crippen molar-refractivity contribution in [1.82, 2.24) is 4.90 Å². The first-order valence-corrected chi connectivity index (χ1v) is 6.15. The van der Waals surface area contributed by atoms with E-state index in [0.29, 0.717) is 0 Å². The van der Waals surface area contributed by atoms with Crippen LogP contribution in [0.5, 0.6) is 0 Å². The van der Waals surface area contributed by atoms with Gasteiger partial charge in [-0.25, -0.2) is 0 Å². The molecule has 0 N–H and O–H groups in total. The van der Waals surface area contributed by atoms with Gasteiger partial charge in [-0.1, -0.05) is 20.8 Å². The molecule has 0 bridgehead atoms. The molecule has 0 fully saturated rings. The van der Waals surface area contributed by atoms with Gasteiger partial charge < -0.3 is 4.90 Å². The van der Waals surface area contributed by atoms with Gasteiger partial charge in [-0.3, -0.25) is 4.79 Å². The number of rotatable bonds is 2. The molecule has 1 heterocycles. The number of carbonyl (C=O) groups is 1. The monoisotopic (exact) mass is 243 g/mol. The standard InChI is InChI=1S/C11H17NOS2/c1-11(2,3)7-12(4)10(13)9-5-8(14)6-15-9/h5-6,14H,7H2,1-4H3. The molecule has 2 nitrogen and oxygen atoms in total.